The van der Waals surface area contributed by atoms with E-state index in [1.165, 1.54) is 18.9 Å². The Labute approximate surface area is 164 Å². The third-order valence-corrected chi connectivity index (χ3v) is 6.50. The van der Waals surface area contributed by atoms with Crippen LogP contribution < -0.4 is 4.90 Å². The maximum absolute atomic E-state index is 14.0. The number of nitrogens with zero attached hydrogens (tertiary/aromatic N) is 4. The Morgan fingerprint density at radius 2 is 2.00 bits per heavy atom. The van der Waals surface area contributed by atoms with Gasteiger partial charge >= 0.3 is 0 Å². The average Bonchev–Trinajstić information content (AvgIpc) is 3.33. The van der Waals surface area contributed by atoms with Crippen LogP contribution in [0.2, 0.25) is 0 Å². The van der Waals surface area contributed by atoms with Crippen LogP contribution >= 0.6 is 11.8 Å². The Bertz CT molecular complexity index is 754. The van der Waals surface area contributed by atoms with Crippen molar-refractivity contribution in [3.05, 3.63) is 35.6 Å². The summed E-state index contributed by atoms with van der Waals surface area (Å²) in [6.45, 7) is 5.95. The van der Waals surface area contributed by atoms with E-state index in [-0.39, 0.29) is 11.9 Å². The second-order valence-corrected chi connectivity index (χ2v) is 8.52. The third kappa shape index (κ3) is 4.46. The van der Waals surface area contributed by atoms with E-state index in [0.29, 0.717) is 11.3 Å². The number of aromatic nitrogens is 3. The lowest BCUT2D eigenvalue weighted by atomic mass is 10.00. The van der Waals surface area contributed by atoms with Crippen LogP contribution in [0.25, 0.3) is 0 Å². The number of hydrogen-bond acceptors (Lipinski definition) is 5. The topological polar surface area (TPSA) is 43.2 Å². The summed E-state index contributed by atoms with van der Waals surface area (Å²) >= 11 is 1.55. The first-order valence-electron chi connectivity index (χ1n) is 9.86. The molecule has 0 spiro atoms. The highest BCUT2D eigenvalue weighted by Crippen LogP contribution is 2.29. The van der Waals surface area contributed by atoms with Gasteiger partial charge in [0.25, 0.3) is 0 Å². The zero-order valence-electron chi connectivity index (χ0n) is 15.8. The van der Waals surface area contributed by atoms with E-state index < -0.39 is 0 Å². The number of benzene rings is 1. The number of thioether (sulfide) groups is 1. The highest BCUT2D eigenvalue weighted by Gasteiger charge is 2.26. The van der Waals surface area contributed by atoms with E-state index in [1.54, 1.807) is 17.8 Å². The fourth-order valence-corrected chi connectivity index (χ4v) is 4.67. The monoisotopic (exact) mass is 390 g/mol. The van der Waals surface area contributed by atoms with Gasteiger partial charge in [0.1, 0.15) is 5.82 Å². The molecule has 0 saturated carbocycles. The first-order chi connectivity index (χ1) is 13.2. The summed E-state index contributed by atoms with van der Waals surface area (Å²) in [5, 5.41) is 9.81. The molecular formula is C20H27FN4OS. The van der Waals surface area contributed by atoms with Gasteiger partial charge in [-0.1, -0.05) is 36.9 Å². The Morgan fingerprint density at radius 1 is 1.19 bits per heavy atom. The van der Waals surface area contributed by atoms with Crippen LogP contribution in [0.5, 0.6) is 0 Å². The van der Waals surface area contributed by atoms with Crippen LogP contribution in [-0.2, 0) is 17.0 Å². The Kier molecular flexibility index (Phi) is 5.98. The van der Waals surface area contributed by atoms with Crippen molar-refractivity contribution in [2.45, 2.75) is 56.2 Å². The van der Waals surface area contributed by atoms with Gasteiger partial charge in [-0.2, -0.15) is 0 Å². The van der Waals surface area contributed by atoms with E-state index in [2.05, 4.69) is 26.6 Å². The molecule has 0 bridgehead atoms. The highest BCUT2D eigenvalue weighted by atomic mass is 32.2. The smallest absolute Gasteiger partial charge is 0.228 e. The van der Waals surface area contributed by atoms with E-state index >= 15 is 0 Å². The minimum Gasteiger partial charge on any atom is -0.376 e. The van der Waals surface area contributed by atoms with Crippen molar-refractivity contribution in [2.24, 2.45) is 5.92 Å². The van der Waals surface area contributed by atoms with Crippen LogP contribution in [0.15, 0.2) is 29.4 Å². The molecule has 0 aliphatic carbocycles. The van der Waals surface area contributed by atoms with Gasteiger partial charge in [0.2, 0.25) is 5.95 Å². The summed E-state index contributed by atoms with van der Waals surface area (Å²) in [6, 6.07) is 6.93. The van der Waals surface area contributed by atoms with Gasteiger partial charge in [-0.3, -0.25) is 4.57 Å². The Hall–Kier alpha value is -1.60. The molecule has 7 heteroatoms. The molecule has 0 N–H and O–H groups in total. The molecule has 2 saturated heterocycles. The quantitative estimate of drug-likeness (QED) is 0.694. The van der Waals surface area contributed by atoms with Gasteiger partial charge in [-0.25, -0.2) is 4.39 Å². The molecule has 5 nitrogen and oxygen atoms in total. The summed E-state index contributed by atoms with van der Waals surface area (Å²) < 4.78 is 22.0. The van der Waals surface area contributed by atoms with Crippen molar-refractivity contribution in [3.8, 4) is 0 Å². The fraction of sp³-hybridized carbons (Fsp3) is 0.600. The SMILES string of the molecule is CC1CCN(c2nnc(SCc3ccccc3F)n2CC2CCCO2)CC1. The first kappa shape index (κ1) is 18.7. The maximum atomic E-state index is 14.0. The molecule has 2 aromatic rings. The summed E-state index contributed by atoms with van der Waals surface area (Å²) in [5.41, 5.74) is 0.697. The Balaban J connectivity index is 1.53. The van der Waals surface area contributed by atoms with Gasteiger partial charge in [0.15, 0.2) is 5.16 Å². The summed E-state index contributed by atoms with van der Waals surface area (Å²) in [6.07, 6.45) is 4.78. The van der Waals surface area contributed by atoms with Crippen LogP contribution in [0.4, 0.5) is 10.3 Å². The van der Waals surface area contributed by atoms with Crippen molar-refractivity contribution in [1.29, 1.82) is 0 Å². The molecule has 2 aliphatic heterocycles. The third-order valence-electron chi connectivity index (χ3n) is 5.49. The zero-order valence-corrected chi connectivity index (χ0v) is 16.6. The number of ether oxygens (including phenoxy) is 1. The van der Waals surface area contributed by atoms with Crippen LogP contribution in [0, 0.1) is 11.7 Å². The minimum atomic E-state index is -0.166. The van der Waals surface area contributed by atoms with E-state index in [4.69, 9.17) is 4.74 Å². The molecule has 1 unspecified atom stereocenters. The van der Waals surface area contributed by atoms with Crippen molar-refractivity contribution in [2.75, 3.05) is 24.6 Å². The van der Waals surface area contributed by atoms with E-state index in [9.17, 15) is 4.39 Å². The molecule has 2 aliphatic rings. The number of anilines is 1. The zero-order chi connectivity index (χ0) is 18.6. The van der Waals surface area contributed by atoms with E-state index in [0.717, 1.165) is 56.1 Å². The predicted molar refractivity (Wildman–Crippen MR) is 106 cm³/mol. The number of halogens is 1. The number of hydrogen-bond donors (Lipinski definition) is 0. The van der Waals surface area contributed by atoms with Gasteiger partial charge in [0, 0.05) is 25.4 Å². The number of piperidine rings is 1. The normalized spacial score (nSPS) is 21.1. The summed E-state index contributed by atoms with van der Waals surface area (Å²) in [4.78, 5) is 2.34. The molecular weight excluding hydrogens is 363 g/mol. The minimum absolute atomic E-state index is 0.166. The lowest BCUT2D eigenvalue weighted by Crippen LogP contribution is -2.35. The van der Waals surface area contributed by atoms with Crippen molar-refractivity contribution in [3.63, 3.8) is 0 Å². The van der Waals surface area contributed by atoms with Crippen LogP contribution in [-0.4, -0.2) is 40.6 Å². The standard InChI is InChI=1S/C20H27FN4OS/c1-15-8-10-24(11-9-15)19-22-23-20(25(19)13-17-6-4-12-26-17)27-14-16-5-2-3-7-18(16)21/h2-3,5,7,15,17H,4,6,8-14H2,1H3. The molecule has 146 valence electrons. The number of rotatable bonds is 6. The molecule has 2 fully saturated rings. The molecule has 1 atom stereocenters. The molecule has 4 rings (SSSR count). The Morgan fingerprint density at radius 3 is 2.74 bits per heavy atom. The van der Waals surface area contributed by atoms with Crippen molar-refractivity contribution >= 4 is 17.7 Å². The second-order valence-electron chi connectivity index (χ2n) is 7.58. The van der Waals surface area contributed by atoms with E-state index in [1.807, 2.05) is 12.1 Å². The van der Waals surface area contributed by atoms with Crippen LogP contribution in [0.1, 0.15) is 38.2 Å². The lowest BCUT2D eigenvalue weighted by molar-refractivity contribution is 0.0951. The molecule has 27 heavy (non-hydrogen) atoms. The molecule has 0 amide bonds. The van der Waals surface area contributed by atoms with Gasteiger partial charge in [0.05, 0.1) is 12.6 Å². The van der Waals surface area contributed by atoms with Gasteiger partial charge < -0.3 is 9.64 Å². The van der Waals surface area contributed by atoms with Crippen LogP contribution in [0.3, 0.4) is 0 Å². The van der Waals surface area contributed by atoms with Crippen molar-refractivity contribution < 1.29 is 9.13 Å². The fourth-order valence-electron chi connectivity index (χ4n) is 3.74. The second kappa shape index (κ2) is 8.61. The summed E-state index contributed by atoms with van der Waals surface area (Å²) in [5.74, 6) is 2.09. The molecule has 1 aromatic heterocycles. The largest absolute Gasteiger partial charge is 0.376 e. The average molecular weight is 391 g/mol. The molecule has 1 aromatic carbocycles. The molecule has 0 radical (unpaired) electrons. The van der Waals surface area contributed by atoms with Gasteiger partial charge in [-0.05, 0) is 43.2 Å². The van der Waals surface area contributed by atoms with Crippen molar-refractivity contribution in [1.82, 2.24) is 14.8 Å². The lowest BCUT2D eigenvalue weighted by Gasteiger charge is -2.31. The molecule has 3 heterocycles. The first-order valence-corrected chi connectivity index (χ1v) is 10.8. The maximum Gasteiger partial charge on any atom is 0.228 e. The highest BCUT2D eigenvalue weighted by molar-refractivity contribution is 7.98. The predicted octanol–water partition coefficient (Wildman–Crippen LogP) is 4.12. The summed E-state index contributed by atoms with van der Waals surface area (Å²) in [7, 11) is 0. The van der Waals surface area contributed by atoms with Gasteiger partial charge in [-0.15, -0.1) is 10.2 Å².